The lowest BCUT2D eigenvalue weighted by molar-refractivity contribution is -0.128. The van der Waals surface area contributed by atoms with Gasteiger partial charge in [0.2, 0.25) is 5.91 Å². The Labute approximate surface area is 93.2 Å². The highest BCUT2D eigenvalue weighted by molar-refractivity contribution is 5.75. The van der Waals surface area contributed by atoms with Crippen LogP contribution in [0.5, 0.6) is 0 Å². The molecule has 0 aromatic rings. The lowest BCUT2D eigenvalue weighted by Gasteiger charge is -2.10. The van der Waals surface area contributed by atoms with E-state index < -0.39 is 0 Å². The van der Waals surface area contributed by atoms with Crippen molar-refractivity contribution in [3.8, 4) is 0 Å². The molecule has 3 nitrogen and oxygen atoms in total. The number of carbonyl (C=O) groups is 1. The third-order valence-corrected chi connectivity index (χ3v) is 3.35. The summed E-state index contributed by atoms with van der Waals surface area (Å²) in [6.07, 6.45) is 2.95. The summed E-state index contributed by atoms with van der Waals surface area (Å²) in [7, 11) is 3.62. The Hall–Kier alpha value is -0.570. The topological polar surface area (TPSA) is 32.3 Å². The predicted octanol–water partition coefficient (Wildman–Crippen LogP) is 1.49. The standard InChI is InChI=1S/C12H24N2O/c1-12(2)8-10(12)9-13-7-5-6-11(15)14(3)4/h10,13H,5-9H2,1-4H3. The third kappa shape index (κ3) is 4.20. The van der Waals surface area contributed by atoms with Crippen LogP contribution in [0.15, 0.2) is 0 Å². The van der Waals surface area contributed by atoms with Crippen molar-refractivity contribution in [3.05, 3.63) is 0 Å². The average Bonchev–Trinajstić information content (AvgIpc) is 2.73. The molecule has 1 fully saturated rings. The fraction of sp³-hybridized carbons (Fsp3) is 0.917. The molecule has 88 valence electrons. The zero-order chi connectivity index (χ0) is 11.5. The summed E-state index contributed by atoms with van der Waals surface area (Å²) < 4.78 is 0. The number of nitrogens with one attached hydrogen (secondary N) is 1. The van der Waals surface area contributed by atoms with Crippen LogP contribution in [0.25, 0.3) is 0 Å². The van der Waals surface area contributed by atoms with Crippen molar-refractivity contribution in [2.75, 3.05) is 27.2 Å². The summed E-state index contributed by atoms with van der Waals surface area (Å²) in [5.74, 6) is 1.07. The van der Waals surface area contributed by atoms with E-state index >= 15 is 0 Å². The van der Waals surface area contributed by atoms with Crippen LogP contribution in [0.2, 0.25) is 0 Å². The molecule has 0 radical (unpaired) electrons. The van der Waals surface area contributed by atoms with Crippen LogP contribution in [-0.2, 0) is 4.79 Å². The van der Waals surface area contributed by atoms with Crippen molar-refractivity contribution >= 4 is 5.91 Å². The highest BCUT2D eigenvalue weighted by Crippen LogP contribution is 2.50. The van der Waals surface area contributed by atoms with Crippen LogP contribution >= 0.6 is 0 Å². The number of nitrogens with zero attached hydrogens (tertiary/aromatic N) is 1. The van der Waals surface area contributed by atoms with Crippen LogP contribution in [0.3, 0.4) is 0 Å². The SMILES string of the molecule is CN(C)C(=O)CCCNCC1CC1(C)C. The van der Waals surface area contributed by atoms with E-state index in [0.717, 1.165) is 25.4 Å². The van der Waals surface area contributed by atoms with Crippen molar-refractivity contribution in [1.29, 1.82) is 0 Å². The first-order valence-electron chi connectivity index (χ1n) is 5.84. The molecule has 1 rings (SSSR count). The summed E-state index contributed by atoms with van der Waals surface area (Å²) in [6.45, 7) is 6.71. The molecule has 0 aromatic carbocycles. The summed E-state index contributed by atoms with van der Waals surface area (Å²) in [5, 5.41) is 3.43. The van der Waals surface area contributed by atoms with E-state index in [4.69, 9.17) is 0 Å². The molecule has 0 heterocycles. The molecule has 1 unspecified atom stereocenters. The van der Waals surface area contributed by atoms with Gasteiger partial charge in [-0.1, -0.05) is 13.8 Å². The Morgan fingerprint density at radius 2 is 2.07 bits per heavy atom. The van der Waals surface area contributed by atoms with Crippen molar-refractivity contribution in [2.24, 2.45) is 11.3 Å². The van der Waals surface area contributed by atoms with E-state index in [0.29, 0.717) is 11.8 Å². The number of hydrogen-bond donors (Lipinski definition) is 1. The third-order valence-electron chi connectivity index (χ3n) is 3.35. The normalized spacial score (nSPS) is 22.5. The van der Waals surface area contributed by atoms with E-state index in [-0.39, 0.29) is 5.91 Å². The van der Waals surface area contributed by atoms with Crippen molar-refractivity contribution in [3.63, 3.8) is 0 Å². The highest BCUT2D eigenvalue weighted by Gasteiger charge is 2.44. The summed E-state index contributed by atoms with van der Waals surface area (Å²) >= 11 is 0. The Morgan fingerprint density at radius 3 is 2.53 bits per heavy atom. The molecule has 0 aromatic heterocycles. The minimum Gasteiger partial charge on any atom is -0.349 e. The second-order valence-electron chi connectivity index (χ2n) is 5.49. The minimum absolute atomic E-state index is 0.226. The maximum atomic E-state index is 11.3. The maximum Gasteiger partial charge on any atom is 0.222 e. The van der Waals surface area contributed by atoms with E-state index in [1.165, 1.54) is 6.42 Å². The number of carbonyl (C=O) groups excluding carboxylic acids is 1. The van der Waals surface area contributed by atoms with Gasteiger partial charge in [-0.3, -0.25) is 4.79 Å². The van der Waals surface area contributed by atoms with Gasteiger partial charge in [-0.15, -0.1) is 0 Å². The molecule has 15 heavy (non-hydrogen) atoms. The molecule has 0 aliphatic heterocycles. The fourth-order valence-corrected chi connectivity index (χ4v) is 1.79. The smallest absolute Gasteiger partial charge is 0.222 e. The van der Waals surface area contributed by atoms with Gasteiger partial charge in [-0.2, -0.15) is 0 Å². The molecule has 0 saturated heterocycles. The zero-order valence-electron chi connectivity index (χ0n) is 10.5. The maximum absolute atomic E-state index is 11.3. The lowest BCUT2D eigenvalue weighted by atomic mass is 10.1. The molecule has 1 saturated carbocycles. The van der Waals surface area contributed by atoms with E-state index in [2.05, 4.69) is 19.2 Å². The van der Waals surface area contributed by atoms with Gasteiger partial charge in [-0.25, -0.2) is 0 Å². The van der Waals surface area contributed by atoms with Gasteiger partial charge >= 0.3 is 0 Å². The Bertz CT molecular complexity index is 224. The van der Waals surface area contributed by atoms with Crippen LogP contribution in [0.1, 0.15) is 33.1 Å². The highest BCUT2D eigenvalue weighted by atomic mass is 16.2. The van der Waals surface area contributed by atoms with E-state index in [1.807, 2.05) is 14.1 Å². The fourth-order valence-electron chi connectivity index (χ4n) is 1.79. The zero-order valence-corrected chi connectivity index (χ0v) is 10.5. The Balaban J connectivity index is 1.92. The van der Waals surface area contributed by atoms with E-state index in [1.54, 1.807) is 4.90 Å². The quantitative estimate of drug-likeness (QED) is 0.677. The van der Waals surface area contributed by atoms with Crippen molar-refractivity contribution < 1.29 is 4.79 Å². The number of rotatable bonds is 6. The molecular weight excluding hydrogens is 188 g/mol. The molecule has 1 N–H and O–H groups in total. The van der Waals surface area contributed by atoms with Crippen LogP contribution < -0.4 is 5.32 Å². The van der Waals surface area contributed by atoms with Gasteiger partial charge in [0.15, 0.2) is 0 Å². The van der Waals surface area contributed by atoms with E-state index in [9.17, 15) is 4.79 Å². The first-order valence-corrected chi connectivity index (χ1v) is 5.84. The molecular formula is C12H24N2O. The monoisotopic (exact) mass is 212 g/mol. The predicted molar refractivity (Wildman–Crippen MR) is 62.7 cm³/mol. The van der Waals surface area contributed by atoms with Crippen LogP contribution in [-0.4, -0.2) is 38.0 Å². The Kier molecular flexibility index (Phi) is 4.14. The summed E-state index contributed by atoms with van der Waals surface area (Å²) in [4.78, 5) is 12.9. The summed E-state index contributed by atoms with van der Waals surface area (Å²) in [5.41, 5.74) is 0.562. The molecule has 1 amide bonds. The van der Waals surface area contributed by atoms with Crippen LogP contribution in [0, 0.1) is 11.3 Å². The average molecular weight is 212 g/mol. The minimum atomic E-state index is 0.226. The summed E-state index contributed by atoms with van der Waals surface area (Å²) in [6, 6.07) is 0. The lowest BCUT2D eigenvalue weighted by Crippen LogP contribution is -2.24. The molecule has 0 spiro atoms. The molecule has 1 aliphatic carbocycles. The molecule has 3 heteroatoms. The van der Waals surface area contributed by atoms with Crippen molar-refractivity contribution in [2.45, 2.75) is 33.1 Å². The molecule has 0 bridgehead atoms. The van der Waals surface area contributed by atoms with Gasteiger partial charge in [-0.05, 0) is 37.3 Å². The second kappa shape index (κ2) is 4.97. The van der Waals surface area contributed by atoms with Gasteiger partial charge < -0.3 is 10.2 Å². The van der Waals surface area contributed by atoms with Gasteiger partial charge in [0, 0.05) is 20.5 Å². The molecule has 1 atom stereocenters. The first-order chi connectivity index (χ1) is 6.93. The number of amides is 1. The van der Waals surface area contributed by atoms with Gasteiger partial charge in [0.1, 0.15) is 0 Å². The second-order valence-corrected chi connectivity index (χ2v) is 5.49. The number of hydrogen-bond acceptors (Lipinski definition) is 2. The largest absolute Gasteiger partial charge is 0.349 e. The molecule has 1 aliphatic rings. The van der Waals surface area contributed by atoms with Crippen molar-refractivity contribution in [1.82, 2.24) is 10.2 Å². The van der Waals surface area contributed by atoms with Crippen LogP contribution in [0.4, 0.5) is 0 Å². The van der Waals surface area contributed by atoms with Gasteiger partial charge in [0.05, 0.1) is 0 Å². The van der Waals surface area contributed by atoms with Gasteiger partial charge in [0.25, 0.3) is 0 Å². The Morgan fingerprint density at radius 1 is 1.47 bits per heavy atom. The first kappa shape index (κ1) is 12.5.